The minimum Gasteiger partial charge on any atom is -0.494 e. The van der Waals surface area contributed by atoms with Crippen LogP contribution in [0.15, 0.2) is 59.7 Å². The van der Waals surface area contributed by atoms with Crippen molar-refractivity contribution in [3.05, 3.63) is 76.6 Å². The van der Waals surface area contributed by atoms with E-state index in [0.29, 0.717) is 0 Å². The van der Waals surface area contributed by atoms with Gasteiger partial charge in [0.05, 0.1) is 19.3 Å². The van der Waals surface area contributed by atoms with Crippen molar-refractivity contribution in [1.29, 1.82) is 0 Å². The van der Waals surface area contributed by atoms with Crippen LogP contribution in [0.5, 0.6) is 17.4 Å². The van der Waals surface area contributed by atoms with Crippen molar-refractivity contribution in [2.75, 3.05) is 25.9 Å². The molecule has 1 amide bonds. The molecule has 1 saturated heterocycles. The van der Waals surface area contributed by atoms with E-state index >= 15 is 0 Å². The van der Waals surface area contributed by atoms with E-state index in [1.807, 2.05) is 6.07 Å². The second-order valence-electron chi connectivity index (χ2n) is 11.1. The quantitative estimate of drug-likeness (QED) is 0.423. The number of carbonyl (C=O) groups is 1. The van der Waals surface area contributed by atoms with Gasteiger partial charge >= 0.3 is 0 Å². The van der Waals surface area contributed by atoms with Crippen LogP contribution in [-0.2, 0) is 11.3 Å². The molecule has 42 heavy (non-hydrogen) atoms. The molecule has 0 bridgehead atoms. The van der Waals surface area contributed by atoms with E-state index in [0.717, 1.165) is 11.6 Å². The van der Waals surface area contributed by atoms with E-state index in [1.165, 1.54) is 30.1 Å². The van der Waals surface area contributed by atoms with Crippen molar-refractivity contribution in [2.24, 2.45) is 5.92 Å². The van der Waals surface area contributed by atoms with Gasteiger partial charge in [0.15, 0.2) is 17.3 Å². The number of aromatic nitrogens is 2. The number of piperidine rings is 1. The number of hydrogen-bond acceptors (Lipinski definition) is 7. The zero-order chi connectivity index (χ0) is 30.1. The van der Waals surface area contributed by atoms with Crippen LogP contribution < -0.4 is 20.8 Å². The number of likely N-dealkylation sites (tertiary alicyclic amines) is 1. The van der Waals surface area contributed by atoms with Gasteiger partial charge in [0.25, 0.3) is 5.56 Å². The summed E-state index contributed by atoms with van der Waals surface area (Å²) in [6.07, 6.45) is 0.935. The molecule has 2 aromatic carbocycles. The summed E-state index contributed by atoms with van der Waals surface area (Å²) in [4.78, 5) is 32.2. The molecule has 3 aromatic rings. The molecule has 2 fully saturated rings. The molecule has 2 heterocycles. The molecule has 1 aliphatic heterocycles. The number of alkyl halides is 2. The molecule has 3 N–H and O–H groups in total. The van der Waals surface area contributed by atoms with Gasteiger partial charge in [-0.1, -0.05) is 30.3 Å². The number of nitrogen functional groups attached to an aromatic ring is 1. The van der Waals surface area contributed by atoms with Gasteiger partial charge in [-0.15, -0.1) is 0 Å². The van der Waals surface area contributed by atoms with Gasteiger partial charge in [0.2, 0.25) is 17.7 Å². The molecule has 0 spiro atoms. The fourth-order valence-electron chi connectivity index (χ4n) is 5.83. The van der Waals surface area contributed by atoms with Gasteiger partial charge in [-0.25, -0.2) is 18.2 Å². The average Bonchev–Trinajstić information content (AvgIpc) is 2.98. The summed E-state index contributed by atoms with van der Waals surface area (Å²) in [5, 5.41) is 11.3. The molecule has 0 radical (unpaired) electrons. The third kappa shape index (κ3) is 6.23. The lowest BCUT2D eigenvalue weighted by atomic mass is 9.73. The second kappa shape index (κ2) is 11.7. The minimum absolute atomic E-state index is 0.0523. The third-order valence-corrected chi connectivity index (χ3v) is 8.21. The normalized spacial score (nSPS) is 21.5. The maximum absolute atomic E-state index is 14.3. The standard InChI is InChI=1S/C30H33F3N4O5/c1-41-24-15-20(7-8-23(24)31)42-26-25(34)28(39)37(18-35-26)17-29(40)11-13-36(14-12-29)27(38)21-9-10-30(32,33)16-22(21)19-5-3-2-4-6-19/h2-8,15,18,21-22,40H,9-14,16-17,34H2,1H3/t21-,22+/m1/s1. The number of anilines is 1. The Morgan fingerprint density at radius 2 is 1.86 bits per heavy atom. The van der Waals surface area contributed by atoms with Crippen LogP contribution in [0.2, 0.25) is 0 Å². The smallest absolute Gasteiger partial charge is 0.280 e. The zero-order valence-electron chi connectivity index (χ0n) is 23.1. The van der Waals surface area contributed by atoms with Crippen LogP contribution in [0.4, 0.5) is 18.9 Å². The van der Waals surface area contributed by atoms with E-state index in [9.17, 15) is 27.9 Å². The van der Waals surface area contributed by atoms with Gasteiger partial charge in [0, 0.05) is 43.8 Å². The Labute approximate surface area is 240 Å². The van der Waals surface area contributed by atoms with Crippen LogP contribution in [0.25, 0.3) is 0 Å². The highest BCUT2D eigenvalue weighted by molar-refractivity contribution is 5.80. The molecular formula is C30H33F3N4O5. The maximum atomic E-state index is 14.3. The first-order valence-electron chi connectivity index (χ1n) is 13.8. The predicted molar refractivity (Wildman–Crippen MR) is 148 cm³/mol. The summed E-state index contributed by atoms with van der Waals surface area (Å²) >= 11 is 0. The fraction of sp³-hybridized carbons (Fsp3) is 0.433. The SMILES string of the molecule is COc1cc(Oc2ncn(CC3(O)CCN(C(=O)[C@@H]4CCC(F)(F)C[C@H]4c4ccccc4)CC3)c(=O)c2N)ccc1F. The van der Waals surface area contributed by atoms with Gasteiger partial charge in [-0.3, -0.25) is 14.2 Å². The van der Waals surface area contributed by atoms with Gasteiger partial charge in [0.1, 0.15) is 12.1 Å². The first-order valence-corrected chi connectivity index (χ1v) is 13.8. The molecular weight excluding hydrogens is 553 g/mol. The summed E-state index contributed by atoms with van der Waals surface area (Å²) in [7, 11) is 1.31. The summed E-state index contributed by atoms with van der Waals surface area (Å²) in [6.45, 7) is 0.321. The largest absolute Gasteiger partial charge is 0.494 e. The Morgan fingerprint density at radius 1 is 1.14 bits per heavy atom. The Balaban J connectivity index is 1.24. The lowest BCUT2D eigenvalue weighted by Gasteiger charge is -2.42. The molecule has 2 atom stereocenters. The van der Waals surface area contributed by atoms with E-state index < -0.39 is 34.7 Å². The highest BCUT2D eigenvalue weighted by Crippen LogP contribution is 2.46. The number of nitrogens with zero attached hydrogens (tertiary/aromatic N) is 3. The van der Waals surface area contributed by atoms with Crippen molar-refractivity contribution >= 4 is 11.6 Å². The van der Waals surface area contributed by atoms with Gasteiger partial charge in [-0.05, 0) is 37.0 Å². The molecule has 1 aliphatic carbocycles. The number of methoxy groups -OCH3 is 1. The van der Waals surface area contributed by atoms with Crippen LogP contribution in [0.1, 0.15) is 43.6 Å². The first-order chi connectivity index (χ1) is 20.0. The summed E-state index contributed by atoms with van der Waals surface area (Å²) < 4.78 is 54.0. The third-order valence-electron chi connectivity index (χ3n) is 8.21. The van der Waals surface area contributed by atoms with E-state index in [4.69, 9.17) is 15.2 Å². The van der Waals surface area contributed by atoms with Gasteiger partial charge in [-0.2, -0.15) is 0 Å². The zero-order valence-corrected chi connectivity index (χ0v) is 23.1. The van der Waals surface area contributed by atoms with Crippen LogP contribution in [0, 0.1) is 11.7 Å². The van der Waals surface area contributed by atoms with E-state index in [1.54, 1.807) is 29.2 Å². The molecule has 0 unspecified atom stereocenters. The van der Waals surface area contributed by atoms with Crippen molar-refractivity contribution in [2.45, 2.75) is 56.1 Å². The van der Waals surface area contributed by atoms with E-state index in [2.05, 4.69) is 4.98 Å². The van der Waals surface area contributed by atoms with E-state index in [-0.39, 0.29) is 80.7 Å². The number of halogens is 3. The van der Waals surface area contributed by atoms with Crippen LogP contribution in [-0.4, -0.2) is 57.2 Å². The number of nitrogens with two attached hydrogens (primary N) is 1. The Kier molecular flexibility index (Phi) is 8.18. The Hall–Kier alpha value is -4.06. The first kappa shape index (κ1) is 29.4. The molecule has 224 valence electrons. The molecule has 5 rings (SSSR count). The monoisotopic (exact) mass is 586 g/mol. The summed E-state index contributed by atoms with van der Waals surface area (Å²) in [5.41, 5.74) is 4.47. The molecule has 12 heteroatoms. The molecule has 1 saturated carbocycles. The lowest BCUT2D eigenvalue weighted by molar-refractivity contribution is -0.145. The Morgan fingerprint density at radius 3 is 2.55 bits per heavy atom. The molecule has 2 aliphatic rings. The van der Waals surface area contributed by atoms with Crippen LogP contribution >= 0.6 is 0 Å². The van der Waals surface area contributed by atoms with Crippen molar-refractivity contribution < 1.29 is 32.5 Å². The number of amides is 1. The predicted octanol–water partition coefficient (Wildman–Crippen LogP) is 4.34. The van der Waals surface area contributed by atoms with Crippen LogP contribution in [0.3, 0.4) is 0 Å². The number of carbonyl (C=O) groups excluding carboxylic acids is 1. The lowest BCUT2D eigenvalue weighted by Crippen LogP contribution is -2.52. The number of ether oxygens (including phenoxy) is 2. The number of hydrogen-bond donors (Lipinski definition) is 2. The average molecular weight is 587 g/mol. The molecule has 1 aromatic heterocycles. The second-order valence-corrected chi connectivity index (χ2v) is 11.1. The number of aliphatic hydroxyl groups is 1. The topological polar surface area (TPSA) is 120 Å². The van der Waals surface area contributed by atoms with Crippen molar-refractivity contribution in [1.82, 2.24) is 14.5 Å². The Bertz CT molecular complexity index is 1490. The maximum Gasteiger partial charge on any atom is 0.280 e. The minimum atomic E-state index is -2.82. The number of benzene rings is 2. The van der Waals surface area contributed by atoms with Gasteiger partial charge < -0.3 is 25.2 Å². The number of rotatable bonds is 7. The fourth-order valence-corrected chi connectivity index (χ4v) is 5.83. The summed E-state index contributed by atoms with van der Waals surface area (Å²) in [5.74, 6) is -4.83. The highest BCUT2D eigenvalue weighted by Gasteiger charge is 2.46. The van der Waals surface area contributed by atoms with Crippen molar-refractivity contribution in [3.8, 4) is 17.4 Å². The van der Waals surface area contributed by atoms with Crippen molar-refractivity contribution in [3.63, 3.8) is 0 Å². The summed E-state index contributed by atoms with van der Waals surface area (Å²) in [6, 6.07) is 12.7. The highest BCUT2D eigenvalue weighted by atomic mass is 19.3. The molecule has 9 nitrogen and oxygen atoms in total.